The number of alkyl halides is 2. The van der Waals surface area contributed by atoms with Crippen molar-refractivity contribution in [2.24, 2.45) is 0 Å². The number of hydrogen-bond acceptors (Lipinski definition) is 4. The zero-order valence-electron chi connectivity index (χ0n) is 13.0. The van der Waals surface area contributed by atoms with Gasteiger partial charge in [-0.3, -0.25) is 0 Å². The first kappa shape index (κ1) is 15.7. The van der Waals surface area contributed by atoms with Crippen LogP contribution in [0.15, 0.2) is 30.5 Å². The van der Waals surface area contributed by atoms with Crippen molar-refractivity contribution in [3.05, 3.63) is 41.6 Å². The van der Waals surface area contributed by atoms with Crippen molar-refractivity contribution in [3.8, 4) is 17.0 Å². The number of halogens is 2. The lowest BCUT2D eigenvalue weighted by Crippen LogP contribution is -2.52. The zero-order valence-corrected chi connectivity index (χ0v) is 13.0. The highest BCUT2D eigenvalue weighted by atomic mass is 19.3. The minimum Gasteiger partial charge on any atom is -0.481 e. The molecule has 4 nitrogen and oxygen atoms in total. The fourth-order valence-electron chi connectivity index (χ4n) is 2.79. The molecule has 1 aliphatic rings. The highest BCUT2D eigenvalue weighted by molar-refractivity contribution is 5.71. The second kappa shape index (κ2) is 5.77. The maximum absolute atomic E-state index is 13.6. The van der Waals surface area contributed by atoms with Crippen LogP contribution in [-0.2, 0) is 10.2 Å². The molecule has 2 N–H and O–H groups in total. The molecule has 0 radical (unpaired) electrons. The molecule has 1 fully saturated rings. The highest BCUT2D eigenvalue weighted by Gasteiger charge is 2.51. The first-order valence-corrected chi connectivity index (χ1v) is 7.25. The Bertz CT molecular complexity index is 731. The van der Waals surface area contributed by atoms with Crippen LogP contribution in [0.5, 0.6) is 5.88 Å². The first-order valence-electron chi connectivity index (χ1n) is 7.25. The molecular formula is C17H18F2N2O2. The number of nitrogen functional groups attached to an aromatic ring is 1. The number of ether oxygens (including phenoxy) is 2. The van der Waals surface area contributed by atoms with Gasteiger partial charge in [-0.25, -0.2) is 13.8 Å². The van der Waals surface area contributed by atoms with Gasteiger partial charge in [0.15, 0.2) is 0 Å². The quantitative estimate of drug-likeness (QED) is 0.879. The number of anilines is 1. The predicted molar refractivity (Wildman–Crippen MR) is 83.9 cm³/mol. The molecule has 2 aromatic rings. The van der Waals surface area contributed by atoms with Gasteiger partial charge in [0.2, 0.25) is 5.88 Å². The van der Waals surface area contributed by atoms with Gasteiger partial charge in [-0.15, -0.1) is 0 Å². The third-order valence-corrected chi connectivity index (χ3v) is 4.29. The van der Waals surface area contributed by atoms with Crippen molar-refractivity contribution in [2.75, 3.05) is 26.1 Å². The number of methoxy groups -OCH3 is 1. The van der Waals surface area contributed by atoms with Crippen molar-refractivity contribution in [1.29, 1.82) is 0 Å². The number of hydrogen-bond donors (Lipinski definition) is 1. The van der Waals surface area contributed by atoms with Gasteiger partial charge in [0.25, 0.3) is 6.43 Å². The van der Waals surface area contributed by atoms with E-state index in [1.54, 1.807) is 18.3 Å². The number of nitrogens with zero attached hydrogens (tertiary/aromatic N) is 1. The normalized spacial score (nSPS) is 16.2. The summed E-state index contributed by atoms with van der Waals surface area (Å²) in [6.45, 7) is 1.86. The topological polar surface area (TPSA) is 57.4 Å². The van der Waals surface area contributed by atoms with Crippen LogP contribution in [0.3, 0.4) is 0 Å². The number of benzene rings is 1. The summed E-state index contributed by atoms with van der Waals surface area (Å²) in [4.78, 5) is 4.22. The molecule has 23 heavy (non-hydrogen) atoms. The first-order chi connectivity index (χ1) is 11.0. The molecule has 122 valence electrons. The van der Waals surface area contributed by atoms with Crippen LogP contribution in [0.25, 0.3) is 11.1 Å². The van der Waals surface area contributed by atoms with Crippen molar-refractivity contribution in [1.82, 2.24) is 4.98 Å². The van der Waals surface area contributed by atoms with E-state index >= 15 is 0 Å². The molecule has 0 atom stereocenters. The average Bonchev–Trinajstić information content (AvgIpc) is 2.48. The Morgan fingerprint density at radius 2 is 2.04 bits per heavy atom. The van der Waals surface area contributed by atoms with Crippen LogP contribution in [0, 0.1) is 6.92 Å². The molecule has 1 aliphatic heterocycles. The van der Waals surface area contributed by atoms with Gasteiger partial charge in [-0.1, -0.05) is 6.07 Å². The molecule has 1 aromatic carbocycles. The summed E-state index contributed by atoms with van der Waals surface area (Å²) in [5.41, 5.74) is 8.07. The van der Waals surface area contributed by atoms with Gasteiger partial charge in [0.1, 0.15) is 5.41 Å². The Morgan fingerprint density at radius 1 is 1.30 bits per heavy atom. The SMILES string of the molecule is COc1ncc(-c2cc(N)ccc2C)cc1C1(C(F)F)COC1. The third kappa shape index (κ3) is 2.53. The number of rotatable bonds is 4. The van der Waals surface area contributed by atoms with E-state index in [0.717, 1.165) is 16.7 Å². The largest absolute Gasteiger partial charge is 0.481 e. The molecule has 0 unspecified atom stereocenters. The fourth-order valence-corrected chi connectivity index (χ4v) is 2.79. The summed E-state index contributed by atoms with van der Waals surface area (Å²) in [7, 11) is 1.43. The van der Waals surface area contributed by atoms with E-state index < -0.39 is 11.8 Å². The number of nitrogens with two attached hydrogens (primary N) is 1. The average molecular weight is 320 g/mol. The Morgan fingerprint density at radius 3 is 2.61 bits per heavy atom. The molecule has 2 heterocycles. The van der Waals surface area contributed by atoms with Crippen molar-refractivity contribution >= 4 is 5.69 Å². The van der Waals surface area contributed by atoms with E-state index in [4.69, 9.17) is 15.2 Å². The summed E-state index contributed by atoms with van der Waals surface area (Å²) in [6, 6.07) is 7.22. The van der Waals surface area contributed by atoms with Gasteiger partial charge < -0.3 is 15.2 Å². The molecule has 3 rings (SSSR count). The summed E-state index contributed by atoms with van der Waals surface area (Å²) in [6.07, 6.45) is -0.938. The van der Waals surface area contributed by atoms with Crippen LogP contribution in [0.4, 0.5) is 14.5 Å². The van der Waals surface area contributed by atoms with Gasteiger partial charge in [0.05, 0.1) is 20.3 Å². The third-order valence-electron chi connectivity index (χ3n) is 4.29. The van der Waals surface area contributed by atoms with Gasteiger partial charge >= 0.3 is 0 Å². The zero-order chi connectivity index (χ0) is 16.6. The highest BCUT2D eigenvalue weighted by Crippen LogP contribution is 2.43. The van der Waals surface area contributed by atoms with Crippen LogP contribution < -0.4 is 10.5 Å². The predicted octanol–water partition coefficient (Wildman–Crippen LogP) is 3.18. The fraction of sp³-hybridized carbons (Fsp3) is 0.353. The molecule has 6 heteroatoms. The summed E-state index contributed by atoms with van der Waals surface area (Å²) in [5.74, 6) is 0.207. The van der Waals surface area contributed by atoms with Crippen LogP contribution in [0.1, 0.15) is 11.1 Å². The monoisotopic (exact) mass is 320 g/mol. The number of aromatic nitrogens is 1. The molecule has 0 spiro atoms. The standard InChI is InChI=1S/C17H18F2N2O2/c1-10-3-4-12(20)6-13(10)11-5-14(15(22-2)21-7-11)17(16(18)19)8-23-9-17/h3-7,16H,8-9,20H2,1-2H3. The van der Waals surface area contributed by atoms with E-state index in [-0.39, 0.29) is 19.1 Å². The van der Waals surface area contributed by atoms with Crippen molar-refractivity contribution in [3.63, 3.8) is 0 Å². The molecule has 0 aliphatic carbocycles. The summed E-state index contributed by atoms with van der Waals surface area (Å²) >= 11 is 0. The van der Waals surface area contributed by atoms with Gasteiger partial charge in [-0.2, -0.15) is 0 Å². The van der Waals surface area contributed by atoms with Crippen LogP contribution in [-0.4, -0.2) is 31.7 Å². The second-order valence-electron chi connectivity index (χ2n) is 5.80. The Kier molecular flexibility index (Phi) is 3.93. The molecule has 1 aromatic heterocycles. The second-order valence-corrected chi connectivity index (χ2v) is 5.80. The van der Waals surface area contributed by atoms with E-state index in [9.17, 15) is 8.78 Å². The van der Waals surface area contributed by atoms with E-state index in [2.05, 4.69) is 4.98 Å². The molecule has 0 bridgehead atoms. The lowest BCUT2D eigenvalue weighted by Gasteiger charge is -2.41. The molecule has 0 saturated carbocycles. The number of pyridine rings is 1. The van der Waals surface area contributed by atoms with Crippen molar-refractivity contribution < 1.29 is 18.3 Å². The minimum atomic E-state index is -2.55. The maximum Gasteiger partial charge on any atom is 0.252 e. The Hall–Kier alpha value is -2.21. The van der Waals surface area contributed by atoms with E-state index in [0.29, 0.717) is 11.3 Å². The van der Waals surface area contributed by atoms with Gasteiger partial charge in [0, 0.05) is 23.0 Å². The van der Waals surface area contributed by atoms with Crippen LogP contribution >= 0.6 is 0 Å². The molecular weight excluding hydrogens is 302 g/mol. The molecule has 1 saturated heterocycles. The Labute approximate surface area is 133 Å². The molecule has 0 amide bonds. The minimum absolute atomic E-state index is 0.0396. The smallest absolute Gasteiger partial charge is 0.252 e. The lowest BCUT2D eigenvalue weighted by atomic mass is 9.78. The summed E-state index contributed by atoms with van der Waals surface area (Å²) in [5, 5.41) is 0. The van der Waals surface area contributed by atoms with Gasteiger partial charge in [-0.05, 0) is 36.2 Å². The van der Waals surface area contributed by atoms with Crippen LogP contribution in [0.2, 0.25) is 0 Å². The maximum atomic E-state index is 13.6. The van der Waals surface area contributed by atoms with E-state index in [1.807, 2.05) is 19.1 Å². The summed E-state index contributed by atoms with van der Waals surface area (Å²) < 4.78 is 37.5. The number of aryl methyl sites for hydroxylation is 1. The van der Waals surface area contributed by atoms with E-state index in [1.165, 1.54) is 7.11 Å². The Balaban J connectivity index is 2.15. The lowest BCUT2D eigenvalue weighted by molar-refractivity contribution is -0.134. The van der Waals surface area contributed by atoms with Crippen molar-refractivity contribution in [2.45, 2.75) is 18.8 Å².